The minimum absolute atomic E-state index is 0.188. The van der Waals surface area contributed by atoms with Gasteiger partial charge < -0.3 is 5.32 Å². The number of imide groups is 1. The lowest BCUT2D eigenvalue weighted by Gasteiger charge is -2.13. The van der Waals surface area contributed by atoms with Gasteiger partial charge >= 0.3 is 0 Å². The van der Waals surface area contributed by atoms with Crippen LogP contribution in [-0.2, 0) is 20.9 Å². The number of hydrogen-bond donors (Lipinski definition) is 1. The van der Waals surface area contributed by atoms with E-state index in [1.807, 2.05) is 16.1 Å². The maximum atomic E-state index is 12.0. The molecule has 3 amide bonds. The van der Waals surface area contributed by atoms with E-state index in [1.165, 1.54) is 18.5 Å². The van der Waals surface area contributed by atoms with E-state index < -0.39 is 0 Å². The van der Waals surface area contributed by atoms with E-state index in [0.717, 1.165) is 15.5 Å². The van der Waals surface area contributed by atoms with Crippen molar-refractivity contribution in [1.29, 1.82) is 0 Å². The molecule has 1 saturated heterocycles. The molecule has 2 aromatic heterocycles. The Labute approximate surface area is 155 Å². The van der Waals surface area contributed by atoms with Gasteiger partial charge in [0.25, 0.3) is 0 Å². The van der Waals surface area contributed by atoms with E-state index in [-0.39, 0.29) is 37.1 Å². The van der Waals surface area contributed by atoms with Crippen LogP contribution in [0.3, 0.4) is 0 Å². The van der Waals surface area contributed by atoms with Gasteiger partial charge in [0.1, 0.15) is 12.2 Å². The Kier molecular flexibility index (Phi) is 4.58. The topological polar surface area (TPSA) is 84.3 Å². The summed E-state index contributed by atoms with van der Waals surface area (Å²) in [6, 6.07) is 6.21. The first-order chi connectivity index (χ1) is 12.6. The zero-order valence-electron chi connectivity index (χ0n) is 14.3. The van der Waals surface area contributed by atoms with Gasteiger partial charge in [-0.05, 0) is 30.4 Å². The Morgan fingerprint density at radius 3 is 2.69 bits per heavy atom. The monoisotopic (exact) mass is 372 g/mol. The van der Waals surface area contributed by atoms with Crippen molar-refractivity contribution in [3.05, 3.63) is 29.3 Å². The number of nitrogens with zero attached hydrogens (tertiary/aromatic N) is 3. The molecular formula is C18H20N4O3S. The Balaban J connectivity index is 1.35. The molecule has 0 aromatic carbocycles. The standard InChI is InChI=1S/C18H20N4O3S/c23-16(11-21-17(24)5-6-18(21)25)19-7-8-22-14(12-3-4-12)10-13(20-22)15-2-1-9-26-15/h1-2,9-10,12H,3-8,11H2,(H,19,23). The van der Waals surface area contributed by atoms with Gasteiger partial charge in [-0.1, -0.05) is 6.07 Å². The van der Waals surface area contributed by atoms with E-state index in [9.17, 15) is 14.4 Å². The fourth-order valence-corrected chi connectivity index (χ4v) is 3.84. The molecule has 3 heterocycles. The summed E-state index contributed by atoms with van der Waals surface area (Å²) in [5, 5.41) is 9.52. The molecule has 1 aliphatic heterocycles. The molecule has 1 N–H and O–H groups in total. The van der Waals surface area contributed by atoms with Crippen molar-refractivity contribution in [3.63, 3.8) is 0 Å². The van der Waals surface area contributed by atoms with Gasteiger partial charge in [0.15, 0.2) is 0 Å². The number of amides is 3. The predicted molar refractivity (Wildman–Crippen MR) is 96.5 cm³/mol. The number of carbonyl (C=O) groups is 3. The maximum Gasteiger partial charge on any atom is 0.240 e. The molecule has 1 aliphatic carbocycles. The number of aromatic nitrogens is 2. The minimum Gasteiger partial charge on any atom is -0.353 e. The van der Waals surface area contributed by atoms with Gasteiger partial charge in [0.05, 0.1) is 11.4 Å². The van der Waals surface area contributed by atoms with Crippen molar-refractivity contribution in [1.82, 2.24) is 20.0 Å². The second-order valence-electron chi connectivity index (χ2n) is 6.65. The predicted octanol–water partition coefficient (Wildman–Crippen LogP) is 1.75. The van der Waals surface area contributed by atoms with Crippen molar-refractivity contribution in [2.24, 2.45) is 0 Å². The highest BCUT2D eigenvalue weighted by Crippen LogP contribution is 2.41. The fourth-order valence-electron chi connectivity index (χ4n) is 3.16. The van der Waals surface area contributed by atoms with Gasteiger partial charge in [-0.25, -0.2) is 0 Å². The summed E-state index contributed by atoms with van der Waals surface area (Å²) in [6.45, 7) is 0.803. The molecule has 0 atom stereocenters. The molecule has 0 spiro atoms. The largest absolute Gasteiger partial charge is 0.353 e. The Morgan fingerprint density at radius 2 is 2.04 bits per heavy atom. The van der Waals surface area contributed by atoms with Gasteiger partial charge in [0.2, 0.25) is 17.7 Å². The molecule has 4 rings (SSSR count). The highest BCUT2D eigenvalue weighted by atomic mass is 32.1. The summed E-state index contributed by atoms with van der Waals surface area (Å²) in [5.41, 5.74) is 2.19. The third-order valence-electron chi connectivity index (χ3n) is 4.68. The minimum atomic E-state index is -0.313. The van der Waals surface area contributed by atoms with Gasteiger partial charge in [-0.15, -0.1) is 11.3 Å². The lowest BCUT2D eigenvalue weighted by molar-refractivity contribution is -0.142. The molecule has 2 aromatic rings. The zero-order valence-corrected chi connectivity index (χ0v) is 15.1. The summed E-state index contributed by atoms with van der Waals surface area (Å²) >= 11 is 1.66. The number of hydrogen-bond acceptors (Lipinski definition) is 5. The number of thiophene rings is 1. The highest BCUT2D eigenvalue weighted by Gasteiger charge is 2.30. The molecular weight excluding hydrogens is 352 g/mol. The van der Waals surface area contributed by atoms with Crippen LogP contribution in [0.2, 0.25) is 0 Å². The van der Waals surface area contributed by atoms with Gasteiger partial charge in [0, 0.05) is 31.0 Å². The third-order valence-corrected chi connectivity index (χ3v) is 5.58. The van der Waals surface area contributed by atoms with Crippen LogP contribution in [-0.4, -0.2) is 45.5 Å². The SMILES string of the molecule is O=C(CN1C(=O)CCC1=O)NCCn1nc(-c2cccs2)cc1C1CC1. The Bertz CT molecular complexity index is 823. The third kappa shape index (κ3) is 3.55. The van der Waals surface area contributed by atoms with Crippen LogP contribution >= 0.6 is 11.3 Å². The van der Waals surface area contributed by atoms with Crippen LogP contribution in [0.15, 0.2) is 23.6 Å². The molecule has 8 heteroatoms. The van der Waals surface area contributed by atoms with E-state index in [1.54, 1.807) is 11.3 Å². The molecule has 2 fully saturated rings. The van der Waals surface area contributed by atoms with Crippen LogP contribution in [0.25, 0.3) is 10.6 Å². The van der Waals surface area contributed by atoms with Crippen LogP contribution in [0, 0.1) is 0 Å². The first-order valence-corrected chi connectivity index (χ1v) is 9.71. The van der Waals surface area contributed by atoms with Crippen molar-refractivity contribution >= 4 is 29.1 Å². The Hall–Kier alpha value is -2.48. The van der Waals surface area contributed by atoms with Crippen LogP contribution in [0.4, 0.5) is 0 Å². The Morgan fingerprint density at radius 1 is 1.27 bits per heavy atom. The normalized spacial score (nSPS) is 17.2. The summed E-state index contributed by atoms with van der Waals surface area (Å²) < 4.78 is 1.97. The molecule has 26 heavy (non-hydrogen) atoms. The number of carbonyl (C=O) groups excluding carboxylic acids is 3. The number of likely N-dealkylation sites (tertiary alicyclic amines) is 1. The van der Waals surface area contributed by atoms with E-state index >= 15 is 0 Å². The maximum absolute atomic E-state index is 12.0. The molecule has 0 bridgehead atoms. The number of rotatable bonds is 7. The van der Waals surface area contributed by atoms with Crippen LogP contribution < -0.4 is 5.32 Å². The van der Waals surface area contributed by atoms with E-state index in [4.69, 9.17) is 5.10 Å². The van der Waals surface area contributed by atoms with Crippen LogP contribution in [0.1, 0.15) is 37.3 Å². The smallest absolute Gasteiger partial charge is 0.240 e. The molecule has 0 radical (unpaired) electrons. The quantitative estimate of drug-likeness (QED) is 0.751. The molecule has 7 nitrogen and oxygen atoms in total. The second-order valence-corrected chi connectivity index (χ2v) is 7.60. The molecule has 1 saturated carbocycles. The summed E-state index contributed by atoms with van der Waals surface area (Å²) in [5.74, 6) is -0.290. The highest BCUT2D eigenvalue weighted by molar-refractivity contribution is 7.13. The van der Waals surface area contributed by atoms with Crippen molar-refractivity contribution in [3.8, 4) is 10.6 Å². The summed E-state index contributed by atoms with van der Waals surface area (Å²) in [7, 11) is 0. The summed E-state index contributed by atoms with van der Waals surface area (Å²) in [4.78, 5) is 37.3. The van der Waals surface area contributed by atoms with E-state index in [2.05, 4.69) is 17.4 Å². The average molecular weight is 372 g/mol. The zero-order chi connectivity index (χ0) is 18.1. The van der Waals surface area contributed by atoms with E-state index in [0.29, 0.717) is 19.0 Å². The van der Waals surface area contributed by atoms with Crippen molar-refractivity contribution in [2.75, 3.05) is 13.1 Å². The first-order valence-electron chi connectivity index (χ1n) is 8.83. The van der Waals surface area contributed by atoms with Crippen molar-refractivity contribution in [2.45, 2.75) is 38.1 Å². The molecule has 136 valence electrons. The second kappa shape index (κ2) is 7.03. The molecule has 0 unspecified atom stereocenters. The van der Waals surface area contributed by atoms with Crippen LogP contribution in [0.5, 0.6) is 0 Å². The summed E-state index contributed by atoms with van der Waals surface area (Å²) in [6.07, 6.45) is 2.77. The van der Waals surface area contributed by atoms with Crippen molar-refractivity contribution < 1.29 is 14.4 Å². The lowest BCUT2D eigenvalue weighted by Crippen LogP contribution is -2.40. The first kappa shape index (κ1) is 17.0. The average Bonchev–Trinajstić information content (AvgIpc) is 3.03. The van der Waals surface area contributed by atoms with Gasteiger partial charge in [-0.3, -0.25) is 24.0 Å². The van der Waals surface area contributed by atoms with Gasteiger partial charge in [-0.2, -0.15) is 5.10 Å². The number of nitrogens with one attached hydrogen (secondary N) is 1. The fraction of sp³-hybridized carbons (Fsp3) is 0.444. The lowest BCUT2D eigenvalue weighted by atomic mass is 10.2. The molecule has 2 aliphatic rings.